The average molecular weight is 252 g/mol. The number of hydrogen-bond donors (Lipinski definition) is 2. The number of hydrogen-bond acceptors (Lipinski definition) is 2. The molecule has 2 N–H and O–H groups in total. The second-order valence-electron chi connectivity index (χ2n) is 4.09. The van der Waals surface area contributed by atoms with Gasteiger partial charge in [-0.2, -0.15) is 0 Å². The Morgan fingerprint density at radius 3 is 2.88 bits per heavy atom. The zero-order valence-corrected chi connectivity index (χ0v) is 10.1. The van der Waals surface area contributed by atoms with E-state index >= 15 is 0 Å². The van der Waals surface area contributed by atoms with Gasteiger partial charge in [-0.1, -0.05) is 29.8 Å². The SMILES string of the molecule is O=C(O)c1c(Cl)cccc1NC1CC=CCC1. The van der Waals surface area contributed by atoms with Crippen LogP contribution in [0.2, 0.25) is 5.02 Å². The zero-order chi connectivity index (χ0) is 12.3. The van der Waals surface area contributed by atoms with E-state index in [0.717, 1.165) is 19.3 Å². The summed E-state index contributed by atoms with van der Waals surface area (Å²) in [6, 6.07) is 5.40. The molecule has 2 rings (SSSR count). The van der Waals surface area contributed by atoms with Gasteiger partial charge >= 0.3 is 5.97 Å². The van der Waals surface area contributed by atoms with E-state index in [2.05, 4.69) is 17.5 Å². The molecule has 1 atom stereocenters. The lowest BCUT2D eigenvalue weighted by molar-refractivity contribution is 0.0698. The molecule has 0 fully saturated rings. The first kappa shape index (κ1) is 12.0. The van der Waals surface area contributed by atoms with Gasteiger partial charge in [0.1, 0.15) is 5.56 Å². The lowest BCUT2D eigenvalue weighted by Crippen LogP contribution is -2.21. The number of nitrogens with one attached hydrogen (secondary N) is 1. The van der Waals surface area contributed by atoms with Crippen LogP contribution in [0.4, 0.5) is 5.69 Å². The molecular formula is C13H14ClNO2. The molecule has 0 bridgehead atoms. The van der Waals surface area contributed by atoms with Crippen LogP contribution in [0.1, 0.15) is 29.6 Å². The number of benzene rings is 1. The topological polar surface area (TPSA) is 49.3 Å². The molecule has 90 valence electrons. The Morgan fingerprint density at radius 1 is 1.41 bits per heavy atom. The molecule has 1 aromatic carbocycles. The van der Waals surface area contributed by atoms with Crippen LogP contribution in [0.25, 0.3) is 0 Å². The Kier molecular flexibility index (Phi) is 3.69. The number of carboxylic acids is 1. The van der Waals surface area contributed by atoms with Crippen molar-refractivity contribution in [3.05, 3.63) is 40.9 Å². The maximum absolute atomic E-state index is 11.1. The highest BCUT2D eigenvalue weighted by Gasteiger charge is 2.17. The third-order valence-corrected chi connectivity index (χ3v) is 3.17. The molecule has 0 saturated carbocycles. The van der Waals surface area contributed by atoms with Crippen molar-refractivity contribution in [2.45, 2.75) is 25.3 Å². The molecule has 0 aromatic heterocycles. The molecule has 0 heterocycles. The first-order valence-electron chi connectivity index (χ1n) is 5.62. The quantitative estimate of drug-likeness (QED) is 0.808. The Bertz CT molecular complexity index is 457. The molecular weight excluding hydrogens is 238 g/mol. The van der Waals surface area contributed by atoms with Crippen molar-refractivity contribution in [1.82, 2.24) is 0 Å². The van der Waals surface area contributed by atoms with Crippen molar-refractivity contribution in [2.75, 3.05) is 5.32 Å². The standard InChI is InChI=1S/C13H14ClNO2/c14-10-7-4-8-11(12(10)13(16)17)15-9-5-2-1-3-6-9/h1-2,4,7-9,15H,3,5-6H2,(H,16,17). The number of allylic oxidation sites excluding steroid dienone is 1. The van der Waals surface area contributed by atoms with E-state index in [9.17, 15) is 4.79 Å². The van der Waals surface area contributed by atoms with Gasteiger partial charge < -0.3 is 10.4 Å². The van der Waals surface area contributed by atoms with Gasteiger partial charge in [-0.25, -0.2) is 4.79 Å². The lowest BCUT2D eigenvalue weighted by atomic mass is 10.0. The van der Waals surface area contributed by atoms with E-state index in [-0.39, 0.29) is 16.6 Å². The van der Waals surface area contributed by atoms with Gasteiger partial charge in [-0.15, -0.1) is 0 Å². The van der Waals surface area contributed by atoms with E-state index < -0.39 is 5.97 Å². The van der Waals surface area contributed by atoms with Crippen LogP contribution in [-0.2, 0) is 0 Å². The summed E-state index contributed by atoms with van der Waals surface area (Å²) in [5, 5.41) is 12.7. The highest BCUT2D eigenvalue weighted by Crippen LogP contribution is 2.26. The third-order valence-electron chi connectivity index (χ3n) is 2.86. The van der Waals surface area contributed by atoms with Crippen molar-refractivity contribution < 1.29 is 9.90 Å². The first-order valence-corrected chi connectivity index (χ1v) is 5.99. The minimum absolute atomic E-state index is 0.156. The van der Waals surface area contributed by atoms with E-state index in [0.29, 0.717) is 5.69 Å². The molecule has 17 heavy (non-hydrogen) atoms. The van der Waals surface area contributed by atoms with Crippen LogP contribution in [0.5, 0.6) is 0 Å². The van der Waals surface area contributed by atoms with E-state index in [1.54, 1.807) is 18.2 Å². The zero-order valence-electron chi connectivity index (χ0n) is 9.32. The number of rotatable bonds is 3. The van der Waals surface area contributed by atoms with Crippen LogP contribution in [0, 0.1) is 0 Å². The predicted octanol–water partition coefficient (Wildman–Crippen LogP) is 3.56. The van der Waals surface area contributed by atoms with Crippen molar-refractivity contribution in [3.63, 3.8) is 0 Å². The number of halogens is 1. The third kappa shape index (κ3) is 2.80. The molecule has 0 amide bonds. The van der Waals surface area contributed by atoms with Gasteiger partial charge in [-0.05, 0) is 31.4 Å². The van der Waals surface area contributed by atoms with Crippen molar-refractivity contribution in [3.8, 4) is 0 Å². The molecule has 0 aliphatic heterocycles. The average Bonchev–Trinajstić information content (AvgIpc) is 2.30. The molecule has 4 heteroatoms. The number of aromatic carboxylic acids is 1. The molecule has 1 aliphatic carbocycles. The Balaban J connectivity index is 2.23. The fraction of sp³-hybridized carbons (Fsp3) is 0.308. The second-order valence-corrected chi connectivity index (χ2v) is 4.50. The molecule has 0 spiro atoms. The summed E-state index contributed by atoms with van der Waals surface area (Å²) in [5.41, 5.74) is 0.758. The van der Waals surface area contributed by atoms with Crippen LogP contribution in [0.15, 0.2) is 30.4 Å². The van der Waals surface area contributed by atoms with E-state index in [1.165, 1.54) is 0 Å². The van der Waals surface area contributed by atoms with Gasteiger partial charge in [0.15, 0.2) is 0 Å². The van der Waals surface area contributed by atoms with E-state index in [1.807, 2.05) is 0 Å². The summed E-state index contributed by atoms with van der Waals surface area (Å²) in [6.45, 7) is 0. The Labute approximate surface area is 105 Å². The second kappa shape index (κ2) is 5.23. The number of anilines is 1. The summed E-state index contributed by atoms with van der Waals surface area (Å²) in [6.07, 6.45) is 7.23. The summed E-state index contributed by atoms with van der Waals surface area (Å²) in [7, 11) is 0. The summed E-state index contributed by atoms with van der Waals surface area (Å²) in [4.78, 5) is 11.1. The van der Waals surface area contributed by atoms with Gasteiger partial charge in [-0.3, -0.25) is 0 Å². The minimum atomic E-state index is -0.996. The molecule has 1 unspecified atom stereocenters. The van der Waals surface area contributed by atoms with Crippen molar-refractivity contribution in [2.24, 2.45) is 0 Å². The van der Waals surface area contributed by atoms with E-state index in [4.69, 9.17) is 16.7 Å². The summed E-state index contributed by atoms with van der Waals surface area (Å²) < 4.78 is 0. The molecule has 1 aromatic rings. The predicted molar refractivity (Wildman–Crippen MR) is 68.8 cm³/mol. The Morgan fingerprint density at radius 2 is 2.24 bits per heavy atom. The molecule has 3 nitrogen and oxygen atoms in total. The fourth-order valence-electron chi connectivity index (χ4n) is 2.01. The smallest absolute Gasteiger partial charge is 0.339 e. The highest BCUT2D eigenvalue weighted by molar-refractivity contribution is 6.34. The normalized spacial score (nSPS) is 19.0. The van der Waals surface area contributed by atoms with Crippen LogP contribution in [0.3, 0.4) is 0 Å². The van der Waals surface area contributed by atoms with Crippen LogP contribution >= 0.6 is 11.6 Å². The number of carbonyl (C=O) groups is 1. The maximum atomic E-state index is 11.1. The van der Waals surface area contributed by atoms with Crippen molar-refractivity contribution >= 4 is 23.3 Å². The minimum Gasteiger partial charge on any atom is -0.478 e. The Hall–Kier alpha value is -1.48. The first-order chi connectivity index (χ1) is 8.18. The van der Waals surface area contributed by atoms with Crippen LogP contribution < -0.4 is 5.32 Å². The summed E-state index contributed by atoms with van der Waals surface area (Å²) in [5.74, 6) is -0.996. The molecule has 1 aliphatic rings. The van der Waals surface area contributed by atoms with Gasteiger partial charge in [0.05, 0.1) is 10.7 Å². The highest BCUT2D eigenvalue weighted by atomic mass is 35.5. The molecule has 0 saturated heterocycles. The number of carboxylic acid groups (broad SMARTS) is 1. The van der Waals surface area contributed by atoms with Crippen LogP contribution in [-0.4, -0.2) is 17.1 Å². The summed E-state index contributed by atoms with van der Waals surface area (Å²) >= 11 is 5.91. The van der Waals surface area contributed by atoms with Gasteiger partial charge in [0, 0.05) is 6.04 Å². The lowest BCUT2D eigenvalue weighted by Gasteiger charge is -2.21. The largest absolute Gasteiger partial charge is 0.478 e. The maximum Gasteiger partial charge on any atom is 0.339 e. The van der Waals surface area contributed by atoms with Crippen molar-refractivity contribution in [1.29, 1.82) is 0 Å². The van der Waals surface area contributed by atoms with Gasteiger partial charge in [0.2, 0.25) is 0 Å². The van der Waals surface area contributed by atoms with Gasteiger partial charge in [0.25, 0.3) is 0 Å². The fourth-order valence-corrected chi connectivity index (χ4v) is 2.26. The monoisotopic (exact) mass is 251 g/mol. The molecule has 0 radical (unpaired) electrons.